The van der Waals surface area contributed by atoms with Gasteiger partial charge < -0.3 is 10.0 Å². The van der Waals surface area contributed by atoms with Crippen molar-refractivity contribution in [2.45, 2.75) is 51.5 Å². The lowest BCUT2D eigenvalue weighted by Crippen LogP contribution is -2.49. The first-order valence-corrected chi connectivity index (χ1v) is 8.28. The van der Waals surface area contributed by atoms with Crippen LogP contribution in [0.4, 0.5) is 5.69 Å². The van der Waals surface area contributed by atoms with Crippen LogP contribution in [0.3, 0.4) is 0 Å². The second kappa shape index (κ2) is 6.08. The summed E-state index contributed by atoms with van der Waals surface area (Å²) in [6, 6.07) is 8.90. The monoisotopic (exact) mass is 287 g/mol. The topological polar surface area (TPSA) is 40.5 Å². The number of carbonyl (C=O) groups is 1. The van der Waals surface area contributed by atoms with Crippen molar-refractivity contribution < 1.29 is 9.90 Å². The zero-order valence-corrected chi connectivity index (χ0v) is 12.8. The van der Waals surface area contributed by atoms with Gasteiger partial charge in [0, 0.05) is 18.3 Å². The molecule has 1 heterocycles. The molecule has 3 nitrogen and oxygen atoms in total. The van der Waals surface area contributed by atoms with Crippen LogP contribution in [0.1, 0.15) is 44.6 Å². The lowest BCUT2D eigenvalue weighted by Gasteiger charge is -2.45. The standard InChI is InChI=1S/C18H25NO2/c1-2-13-7-3-5-9-16(13)19-12-15(18(20)21)11-14-8-4-6-10-17(14)19/h4,6,8,10,13,15-16H,2-3,5,7,9,11-12H2,1H3,(H,20,21). The highest BCUT2D eigenvalue weighted by Gasteiger charge is 2.36. The first-order valence-electron chi connectivity index (χ1n) is 8.28. The van der Waals surface area contributed by atoms with Crippen LogP contribution in [0.15, 0.2) is 24.3 Å². The van der Waals surface area contributed by atoms with Gasteiger partial charge in [-0.25, -0.2) is 0 Å². The van der Waals surface area contributed by atoms with Gasteiger partial charge in [-0.05, 0) is 36.8 Å². The van der Waals surface area contributed by atoms with E-state index in [0.29, 0.717) is 24.9 Å². The van der Waals surface area contributed by atoms with Crippen LogP contribution in [-0.4, -0.2) is 23.7 Å². The summed E-state index contributed by atoms with van der Waals surface area (Å²) in [4.78, 5) is 13.9. The summed E-state index contributed by atoms with van der Waals surface area (Å²) < 4.78 is 0. The van der Waals surface area contributed by atoms with Crippen LogP contribution in [0.2, 0.25) is 0 Å². The smallest absolute Gasteiger partial charge is 0.308 e. The van der Waals surface area contributed by atoms with Crippen LogP contribution < -0.4 is 4.90 Å². The van der Waals surface area contributed by atoms with E-state index >= 15 is 0 Å². The van der Waals surface area contributed by atoms with Gasteiger partial charge in [-0.3, -0.25) is 4.79 Å². The van der Waals surface area contributed by atoms with E-state index in [9.17, 15) is 9.90 Å². The van der Waals surface area contributed by atoms with Crippen LogP contribution in [0.5, 0.6) is 0 Å². The molecule has 0 aromatic heterocycles. The van der Waals surface area contributed by atoms with Crippen molar-refractivity contribution in [3.05, 3.63) is 29.8 Å². The Balaban J connectivity index is 1.93. The number of nitrogens with zero attached hydrogens (tertiary/aromatic N) is 1. The first-order chi connectivity index (χ1) is 10.2. The van der Waals surface area contributed by atoms with Crippen LogP contribution in [0, 0.1) is 11.8 Å². The van der Waals surface area contributed by atoms with Crippen molar-refractivity contribution in [3.63, 3.8) is 0 Å². The minimum atomic E-state index is -0.654. The van der Waals surface area contributed by atoms with E-state index in [1.165, 1.54) is 43.4 Å². The molecule has 1 fully saturated rings. The van der Waals surface area contributed by atoms with E-state index in [1.807, 2.05) is 6.07 Å². The SMILES string of the molecule is CCC1CCCCC1N1CC(C(=O)O)Cc2ccccc21. The largest absolute Gasteiger partial charge is 0.481 e. The van der Waals surface area contributed by atoms with E-state index in [4.69, 9.17) is 0 Å². The predicted molar refractivity (Wildman–Crippen MR) is 84.7 cm³/mol. The highest BCUT2D eigenvalue weighted by Crippen LogP contribution is 2.38. The number of fused-ring (bicyclic) bond motifs is 1. The average molecular weight is 287 g/mol. The van der Waals surface area contributed by atoms with Crippen molar-refractivity contribution in [2.75, 3.05) is 11.4 Å². The maximum absolute atomic E-state index is 11.5. The van der Waals surface area contributed by atoms with Gasteiger partial charge in [-0.15, -0.1) is 0 Å². The molecule has 0 saturated heterocycles. The molecule has 114 valence electrons. The van der Waals surface area contributed by atoms with Gasteiger partial charge in [0.1, 0.15) is 0 Å². The van der Waals surface area contributed by atoms with Gasteiger partial charge in [-0.1, -0.05) is 44.4 Å². The van der Waals surface area contributed by atoms with Crippen molar-refractivity contribution in [3.8, 4) is 0 Å². The highest BCUT2D eigenvalue weighted by molar-refractivity contribution is 5.74. The molecule has 1 aliphatic carbocycles. The van der Waals surface area contributed by atoms with Crippen LogP contribution >= 0.6 is 0 Å². The number of carboxylic acids is 1. The fraction of sp³-hybridized carbons (Fsp3) is 0.611. The van der Waals surface area contributed by atoms with E-state index in [1.54, 1.807) is 0 Å². The second-order valence-electron chi connectivity index (χ2n) is 6.54. The Morgan fingerprint density at radius 2 is 2.05 bits per heavy atom. The van der Waals surface area contributed by atoms with Gasteiger partial charge in [0.05, 0.1) is 5.92 Å². The molecule has 0 spiro atoms. The molecular weight excluding hydrogens is 262 g/mol. The molecule has 21 heavy (non-hydrogen) atoms. The summed E-state index contributed by atoms with van der Waals surface area (Å²) in [6.07, 6.45) is 6.97. The molecule has 3 heteroatoms. The number of hydrogen-bond donors (Lipinski definition) is 1. The lowest BCUT2D eigenvalue weighted by molar-refractivity contribution is -0.141. The maximum Gasteiger partial charge on any atom is 0.308 e. The van der Waals surface area contributed by atoms with Gasteiger partial charge in [0.25, 0.3) is 0 Å². The molecule has 2 aliphatic rings. The number of rotatable bonds is 3. The molecule has 3 rings (SSSR count). The van der Waals surface area contributed by atoms with Gasteiger partial charge in [0.2, 0.25) is 0 Å². The number of benzene rings is 1. The molecular formula is C18H25NO2. The van der Waals surface area contributed by atoms with E-state index in [-0.39, 0.29) is 5.92 Å². The maximum atomic E-state index is 11.5. The third-order valence-corrected chi connectivity index (χ3v) is 5.33. The molecule has 1 N–H and O–H groups in total. The molecule has 0 amide bonds. The van der Waals surface area contributed by atoms with Crippen molar-refractivity contribution in [2.24, 2.45) is 11.8 Å². The molecule has 3 unspecified atom stereocenters. The summed E-state index contributed by atoms with van der Waals surface area (Å²) in [5.74, 6) is -0.211. The fourth-order valence-corrected chi connectivity index (χ4v) is 4.18. The number of anilines is 1. The Kier molecular flexibility index (Phi) is 4.18. The van der Waals surface area contributed by atoms with Crippen molar-refractivity contribution in [1.29, 1.82) is 0 Å². The van der Waals surface area contributed by atoms with Gasteiger partial charge in [-0.2, -0.15) is 0 Å². The molecule has 1 aliphatic heterocycles. The van der Waals surface area contributed by atoms with E-state index in [2.05, 4.69) is 30.0 Å². The van der Waals surface area contributed by atoms with E-state index < -0.39 is 5.97 Å². The molecule has 1 aromatic carbocycles. The summed E-state index contributed by atoms with van der Waals surface area (Å²) in [6.45, 7) is 2.95. The molecule has 3 atom stereocenters. The highest BCUT2D eigenvalue weighted by atomic mass is 16.4. The second-order valence-corrected chi connectivity index (χ2v) is 6.54. The zero-order valence-electron chi connectivity index (χ0n) is 12.8. The zero-order chi connectivity index (χ0) is 14.8. The lowest BCUT2D eigenvalue weighted by atomic mass is 9.80. The van der Waals surface area contributed by atoms with Crippen LogP contribution in [0.25, 0.3) is 0 Å². The molecule has 0 radical (unpaired) electrons. The van der Waals surface area contributed by atoms with E-state index in [0.717, 1.165) is 0 Å². The minimum absolute atomic E-state index is 0.265. The summed E-state index contributed by atoms with van der Waals surface area (Å²) in [5.41, 5.74) is 2.48. The number of carboxylic acid groups (broad SMARTS) is 1. The number of para-hydroxylation sites is 1. The van der Waals surface area contributed by atoms with Crippen molar-refractivity contribution >= 4 is 11.7 Å². The van der Waals surface area contributed by atoms with Gasteiger partial charge in [0.15, 0.2) is 0 Å². The van der Waals surface area contributed by atoms with Crippen LogP contribution in [-0.2, 0) is 11.2 Å². The average Bonchev–Trinajstić information content (AvgIpc) is 2.53. The number of aliphatic carboxylic acids is 1. The Morgan fingerprint density at radius 3 is 2.81 bits per heavy atom. The first kappa shape index (κ1) is 14.4. The fourth-order valence-electron chi connectivity index (χ4n) is 4.18. The summed E-state index contributed by atoms with van der Waals surface area (Å²) in [7, 11) is 0. The predicted octanol–water partition coefficient (Wildman–Crippen LogP) is 3.72. The van der Waals surface area contributed by atoms with Crippen molar-refractivity contribution in [1.82, 2.24) is 0 Å². The Labute approximate surface area is 127 Å². The summed E-state index contributed by atoms with van der Waals surface area (Å²) in [5, 5.41) is 9.48. The summed E-state index contributed by atoms with van der Waals surface area (Å²) >= 11 is 0. The minimum Gasteiger partial charge on any atom is -0.481 e. The third kappa shape index (κ3) is 2.78. The molecule has 1 aromatic rings. The molecule has 0 bridgehead atoms. The molecule has 1 saturated carbocycles. The van der Waals surface area contributed by atoms with Gasteiger partial charge >= 0.3 is 5.97 Å². The quantitative estimate of drug-likeness (QED) is 0.921. The number of hydrogen-bond acceptors (Lipinski definition) is 2. The Bertz CT molecular complexity index is 514. The normalized spacial score (nSPS) is 29.0. The Morgan fingerprint density at radius 1 is 1.29 bits per heavy atom. The Hall–Kier alpha value is -1.51. The third-order valence-electron chi connectivity index (χ3n) is 5.33.